The first-order chi connectivity index (χ1) is 13.6. The van der Waals surface area contributed by atoms with Crippen molar-refractivity contribution in [2.75, 3.05) is 33.5 Å². The minimum Gasteiger partial charge on any atom is -0.497 e. The SMILES string of the molecule is COc1cc(Br)cc(CC2CCN(CCc3cc4c(cc3Cl)OCO4)CC2)c1. The Kier molecular flexibility index (Phi) is 6.34. The molecular formula is C22H25BrClNO3. The van der Waals surface area contributed by atoms with Crippen LogP contribution in [0.4, 0.5) is 0 Å². The molecule has 0 radical (unpaired) electrons. The van der Waals surface area contributed by atoms with Gasteiger partial charge in [0.05, 0.1) is 7.11 Å². The molecule has 0 aliphatic carbocycles. The summed E-state index contributed by atoms with van der Waals surface area (Å²) >= 11 is 9.99. The number of benzene rings is 2. The highest BCUT2D eigenvalue weighted by atomic mass is 79.9. The summed E-state index contributed by atoms with van der Waals surface area (Å²) < 4.78 is 17.3. The predicted octanol–water partition coefficient (Wildman–Crippen LogP) is 5.34. The number of hydrogen-bond donors (Lipinski definition) is 0. The summed E-state index contributed by atoms with van der Waals surface area (Å²) in [5.74, 6) is 3.20. The lowest BCUT2D eigenvalue weighted by atomic mass is 9.90. The van der Waals surface area contributed by atoms with Crippen molar-refractivity contribution in [3.63, 3.8) is 0 Å². The molecule has 0 N–H and O–H groups in total. The number of methoxy groups -OCH3 is 1. The molecule has 2 aliphatic rings. The second-order valence-electron chi connectivity index (χ2n) is 7.54. The van der Waals surface area contributed by atoms with Gasteiger partial charge in [-0.1, -0.05) is 27.5 Å². The van der Waals surface area contributed by atoms with Crippen LogP contribution in [0.5, 0.6) is 17.2 Å². The molecule has 1 fully saturated rings. The van der Waals surface area contributed by atoms with Crippen molar-refractivity contribution >= 4 is 27.5 Å². The Bertz CT molecular complexity index is 837. The van der Waals surface area contributed by atoms with Gasteiger partial charge in [0, 0.05) is 22.1 Å². The summed E-state index contributed by atoms with van der Waals surface area (Å²) in [6.45, 7) is 3.58. The van der Waals surface area contributed by atoms with Crippen LogP contribution in [0.25, 0.3) is 0 Å². The predicted molar refractivity (Wildman–Crippen MR) is 115 cm³/mol. The molecule has 2 heterocycles. The monoisotopic (exact) mass is 465 g/mol. The van der Waals surface area contributed by atoms with Gasteiger partial charge in [-0.15, -0.1) is 0 Å². The van der Waals surface area contributed by atoms with E-state index in [0.717, 1.165) is 70.7 Å². The van der Waals surface area contributed by atoms with E-state index in [1.807, 2.05) is 18.2 Å². The van der Waals surface area contributed by atoms with E-state index in [1.165, 1.54) is 18.4 Å². The summed E-state index contributed by atoms with van der Waals surface area (Å²) in [7, 11) is 1.72. The molecular weight excluding hydrogens is 442 g/mol. The number of rotatable bonds is 6. The Morgan fingerprint density at radius 3 is 2.61 bits per heavy atom. The van der Waals surface area contributed by atoms with Crippen LogP contribution in [0.3, 0.4) is 0 Å². The fourth-order valence-corrected chi connectivity index (χ4v) is 4.80. The normalized spacial score (nSPS) is 17.1. The Hall–Kier alpha value is -1.43. The smallest absolute Gasteiger partial charge is 0.231 e. The summed E-state index contributed by atoms with van der Waals surface area (Å²) in [5, 5.41) is 0.766. The average Bonchev–Trinajstić information content (AvgIpc) is 3.14. The second-order valence-corrected chi connectivity index (χ2v) is 8.86. The molecule has 2 aromatic rings. The minimum absolute atomic E-state index is 0.284. The number of likely N-dealkylation sites (tertiary alicyclic amines) is 1. The van der Waals surface area contributed by atoms with Crippen LogP contribution in [0.15, 0.2) is 34.8 Å². The van der Waals surface area contributed by atoms with Crippen LogP contribution in [0.1, 0.15) is 24.0 Å². The van der Waals surface area contributed by atoms with Gasteiger partial charge >= 0.3 is 0 Å². The van der Waals surface area contributed by atoms with Crippen LogP contribution in [0, 0.1) is 5.92 Å². The molecule has 150 valence electrons. The molecule has 0 spiro atoms. The van der Waals surface area contributed by atoms with Crippen LogP contribution < -0.4 is 14.2 Å². The number of fused-ring (bicyclic) bond motifs is 1. The van der Waals surface area contributed by atoms with Crippen molar-refractivity contribution in [1.29, 1.82) is 0 Å². The molecule has 1 saturated heterocycles. The number of halogens is 2. The zero-order valence-electron chi connectivity index (χ0n) is 16.0. The van der Waals surface area contributed by atoms with Gasteiger partial charge in [-0.05, 0) is 80.1 Å². The van der Waals surface area contributed by atoms with Gasteiger partial charge in [-0.2, -0.15) is 0 Å². The highest BCUT2D eigenvalue weighted by molar-refractivity contribution is 9.10. The lowest BCUT2D eigenvalue weighted by Gasteiger charge is -2.32. The molecule has 0 unspecified atom stereocenters. The molecule has 6 heteroatoms. The third kappa shape index (κ3) is 4.76. The highest BCUT2D eigenvalue weighted by Crippen LogP contribution is 2.37. The van der Waals surface area contributed by atoms with E-state index in [4.69, 9.17) is 25.8 Å². The topological polar surface area (TPSA) is 30.9 Å². The first-order valence-electron chi connectivity index (χ1n) is 9.74. The minimum atomic E-state index is 0.284. The van der Waals surface area contributed by atoms with Gasteiger partial charge < -0.3 is 19.1 Å². The Labute approximate surface area is 179 Å². The van der Waals surface area contributed by atoms with Crippen molar-refractivity contribution in [3.8, 4) is 17.2 Å². The standard InChI is InChI=1S/C22H25BrClNO3/c1-26-19-10-16(9-18(23)12-19)8-15-2-5-25(6-3-15)7-4-17-11-21-22(13-20(17)24)28-14-27-21/h9-13,15H,2-8,14H2,1H3. The maximum absolute atomic E-state index is 6.41. The largest absolute Gasteiger partial charge is 0.497 e. The van der Waals surface area contributed by atoms with Gasteiger partial charge in [0.2, 0.25) is 6.79 Å². The lowest BCUT2D eigenvalue weighted by Crippen LogP contribution is -2.35. The Morgan fingerprint density at radius 2 is 1.86 bits per heavy atom. The molecule has 2 aromatic carbocycles. The van der Waals surface area contributed by atoms with Crippen LogP contribution in [-0.4, -0.2) is 38.4 Å². The van der Waals surface area contributed by atoms with E-state index >= 15 is 0 Å². The number of hydrogen-bond acceptors (Lipinski definition) is 4. The van der Waals surface area contributed by atoms with E-state index in [1.54, 1.807) is 7.11 Å². The van der Waals surface area contributed by atoms with E-state index in [2.05, 4.69) is 33.0 Å². The molecule has 2 aliphatic heterocycles. The number of ether oxygens (including phenoxy) is 3. The maximum atomic E-state index is 6.41. The molecule has 0 saturated carbocycles. The maximum Gasteiger partial charge on any atom is 0.231 e. The Morgan fingerprint density at radius 1 is 1.11 bits per heavy atom. The molecule has 28 heavy (non-hydrogen) atoms. The summed E-state index contributed by atoms with van der Waals surface area (Å²) in [4.78, 5) is 2.54. The fraction of sp³-hybridized carbons (Fsp3) is 0.455. The number of piperidine rings is 1. The van der Waals surface area contributed by atoms with Crippen molar-refractivity contribution in [2.24, 2.45) is 5.92 Å². The molecule has 0 amide bonds. The van der Waals surface area contributed by atoms with Crippen molar-refractivity contribution in [2.45, 2.75) is 25.7 Å². The van der Waals surface area contributed by atoms with Gasteiger partial charge in [-0.3, -0.25) is 0 Å². The molecule has 4 nitrogen and oxygen atoms in total. The van der Waals surface area contributed by atoms with Crippen molar-refractivity contribution < 1.29 is 14.2 Å². The van der Waals surface area contributed by atoms with E-state index in [-0.39, 0.29) is 6.79 Å². The first kappa shape index (κ1) is 19.9. The van der Waals surface area contributed by atoms with Crippen molar-refractivity contribution in [1.82, 2.24) is 4.90 Å². The third-order valence-corrected chi connectivity index (χ3v) is 6.45. The highest BCUT2D eigenvalue weighted by Gasteiger charge is 2.21. The van der Waals surface area contributed by atoms with Crippen LogP contribution in [-0.2, 0) is 12.8 Å². The zero-order chi connectivity index (χ0) is 19.5. The molecule has 4 rings (SSSR count). The lowest BCUT2D eigenvalue weighted by molar-refractivity contribution is 0.174. The fourth-order valence-electron chi connectivity index (χ4n) is 4.03. The zero-order valence-corrected chi connectivity index (χ0v) is 18.4. The molecule has 0 bridgehead atoms. The van der Waals surface area contributed by atoms with Gasteiger partial charge in [-0.25, -0.2) is 0 Å². The van der Waals surface area contributed by atoms with Gasteiger partial charge in [0.15, 0.2) is 11.5 Å². The number of nitrogens with zero attached hydrogens (tertiary/aromatic N) is 1. The summed E-state index contributed by atoms with van der Waals surface area (Å²) in [6, 6.07) is 10.3. The molecule has 0 aromatic heterocycles. The van der Waals surface area contributed by atoms with E-state index in [9.17, 15) is 0 Å². The average molecular weight is 467 g/mol. The molecule has 0 atom stereocenters. The van der Waals surface area contributed by atoms with Crippen molar-refractivity contribution in [3.05, 3.63) is 51.0 Å². The Balaban J connectivity index is 1.27. The third-order valence-electron chi connectivity index (χ3n) is 5.64. The van der Waals surface area contributed by atoms with Crippen LogP contribution >= 0.6 is 27.5 Å². The summed E-state index contributed by atoms with van der Waals surface area (Å²) in [6.07, 6.45) is 4.49. The van der Waals surface area contributed by atoms with E-state index in [0.29, 0.717) is 0 Å². The second kappa shape index (κ2) is 8.93. The quantitative estimate of drug-likeness (QED) is 0.575. The van der Waals surface area contributed by atoms with Gasteiger partial charge in [0.1, 0.15) is 5.75 Å². The first-order valence-corrected chi connectivity index (χ1v) is 10.9. The van der Waals surface area contributed by atoms with Crippen LogP contribution in [0.2, 0.25) is 5.02 Å². The van der Waals surface area contributed by atoms with E-state index < -0.39 is 0 Å². The van der Waals surface area contributed by atoms with Gasteiger partial charge in [0.25, 0.3) is 0 Å². The summed E-state index contributed by atoms with van der Waals surface area (Å²) in [5.41, 5.74) is 2.48.